The van der Waals surface area contributed by atoms with E-state index < -0.39 is 28.0 Å². The first kappa shape index (κ1) is 23.4. The van der Waals surface area contributed by atoms with E-state index in [9.17, 15) is 18.0 Å². The molecule has 0 saturated carbocycles. The van der Waals surface area contributed by atoms with Gasteiger partial charge in [-0.15, -0.1) is 11.3 Å². The van der Waals surface area contributed by atoms with Gasteiger partial charge in [-0.3, -0.25) is 4.79 Å². The highest BCUT2D eigenvalue weighted by Gasteiger charge is 2.19. The van der Waals surface area contributed by atoms with Crippen LogP contribution in [0.1, 0.15) is 28.0 Å². The number of nitrogens with two attached hydrogens (primary N) is 1. The summed E-state index contributed by atoms with van der Waals surface area (Å²) in [5, 5.41) is 10.5. The van der Waals surface area contributed by atoms with Gasteiger partial charge in [-0.05, 0) is 62.4 Å². The number of thiazole rings is 1. The number of nitrogens with zero attached hydrogens (tertiary/aromatic N) is 1. The minimum absolute atomic E-state index is 0.0795. The summed E-state index contributed by atoms with van der Waals surface area (Å²) in [5.74, 6) is -0.667. The molecule has 0 aliphatic rings. The van der Waals surface area contributed by atoms with Crippen molar-refractivity contribution in [3.05, 3.63) is 70.2 Å². The molecule has 2 aromatic carbocycles. The Morgan fingerprint density at radius 3 is 2.34 bits per heavy atom. The Kier molecular flexibility index (Phi) is 7.23. The average molecular weight is 476 g/mol. The van der Waals surface area contributed by atoms with Gasteiger partial charge in [0, 0.05) is 11.1 Å². The molecule has 3 rings (SSSR count). The van der Waals surface area contributed by atoms with Gasteiger partial charge in [-0.2, -0.15) is 0 Å². The van der Waals surface area contributed by atoms with Crippen LogP contribution in [0.5, 0.6) is 5.75 Å². The summed E-state index contributed by atoms with van der Waals surface area (Å²) in [7, 11) is -3.82. The number of aromatic nitrogens is 1. The molecule has 32 heavy (non-hydrogen) atoms. The van der Waals surface area contributed by atoms with E-state index in [-0.39, 0.29) is 10.5 Å². The molecule has 0 spiro atoms. The van der Waals surface area contributed by atoms with E-state index in [2.05, 4.69) is 10.3 Å². The minimum atomic E-state index is -3.82. The summed E-state index contributed by atoms with van der Waals surface area (Å²) in [6.07, 6.45) is -1.08. The number of carbonyl (C=O) groups excluding carboxylic acids is 2. The van der Waals surface area contributed by atoms with Crippen LogP contribution >= 0.6 is 11.3 Å². The van der Waals surface area contributed by atoms with Crippen molar-refractivity contribution in [3.63, 3.8) is 0 Å². The number of ether oxygens (including phenoxy) is 2. The highest BCUT2D eigenvalue weighted by atomic mass is 32.2. The van der Waals surface area contributed by atoms with Crippen molar-refractivity contribution in [2.24, 2.45) is 5.14 Å². The van der Waals surface area contributed by atoms with E-state index in [4.69, 9.17) is 14.6 Å². The third-order valence-corrected chi connectivity index (χ3v) is 6.00. The first-order chi connectivity index (χ1) is 15.1. The van der Waals surface area contributed by atoms with Gasteiger partial charge in [0.05, 0.1) is 21.2 Å². The van der Waals surface area contributed by atoms with Crippen LogP contribution in [0.2, 0.25) is 0 Å². The normalized spacial score (nSPS) is 12.1. The van der Waals surface area contributed by atoms with E-state index in [1.54, 1.807) is 35.6 Å². The predicted octanol–water partition coefficient (Wildman–Crippen LogP) is 2.86. The van der Waals surface area contributed by atoms with Crippen LogP contribution in [0.4, 0.5) is 5.69 Å². The number of anilines is 1. The zero-order valence-electron chi connectivity index (χ0n) is 17.3. The maximum absolute atomic E-state index is 12.3. The molecule has 1 aromatic heterocycles. The van der Waals surface area contributed by atoms with Gasteiger partial charge < -0.3 is 14.8 Å². The minimum Gasteiger partial charge on any atom is -0.487 e. The number of amides is 1. The van der Waals surface area contributed by atoms with Crippen LogP contribution in [0.3, 0.4) is 0 Å². The first-order valence-corrected chi connectivity index (χ1v) is 11.8. The van der Waals surface area contributed by atoms with Crippen LogP contribution in [-0.2, 0) is 26.2 Å². The van der Waals surface area contributed by atoms with Gasteiger partial charge in [0.25, 0.3) is 5.91 Å². The monoisotopic (exact) mass is 475 g/mol. The van der Waals surface area contributed by atoms with Crippen LogP contribution < -0.4 is 15.2 Å². The fourth-order valence-corrected chi connectivity index (χ4v) is 3.69. The molecule has 3 N–H and O–H groups in total. The van der Waals surface area contributed by atoms with Crippen molar-refractivity contribution in [2.45, 2.75) is 31.5 Å². The third-order valence-electron chi connectivity index (χ3n) is 4.25. The lowest BCUT2D eigenvalue weighted by molar-refractivity contribution is -0.123. The Hall–Kier alpha value is -3.28. The van der Waals surface area contributed by atoms with Crippen molar-refractivity contribution in [1.29, 1.82) is 0 Å². The van der Waals surface area contributed by atoms with Crippen LogP contribution in [0.25, 0.3) is 0 Å². The number of sulfonamides is 1. The number of aryl methyl sites for hydroxylation is 1. The number of benzene rings is 2. The van der Waals surface area contributed by atoms with Crippen molar-refractivity contribution in [1.82, 2.24) is 4.98 Å². The highest BCUT2D eigenvalue weighted by molar-refractivity contribution is 7.89. The van der Waals surface area contributed by atoms with E-state index in [0.717, 1.165) is 10.7 Å². The van der Waals surface area contributed by atoms with E-state index in [1.807, 2.05) is 12.3 Å². The fraction of sp³-hybridized carbons (Fsp3) is 0.190. The Morgan fingerprint density at radius 1 is 1.12 bits per heavy atom. The lowest BCUT2D eigenvalue weighted by atomic mass is 10.2. The standard InChI is InChI=1S/C21H21N3O6S2/c1-13(20(25)24-16-5-9-19(10-6-16)32(22,27)28)30-21(26)15-3-7-18(8-4-15)29-11-17-12-31-14(2)23-17/h3-10,12-13H,11H2,1-2H3,(H,24,25)(H2,22,27,28)/t13-/m1/s1. The number of nitrogens with one attached hydrogen (secondary N) is 1. The SMILES string of the molecule is Cc1nc(COc2ccc(C(=O)O[C@H](C)C(=O)Nc3ccc(S(N)(=O)=O)cc3)cc2)cs1. The lowest BCUT2D eigenvalue weighted by Gasteiger charge is -2.14. The molecular weight excluding hydrogens is 454 g/mol. The van der Waals surface area contributed by atoms with Crippen molar-refractivity contribution < 1.29 is 27.5 Å². The molecule has 11 heteroatoms. The number of rotatable bonds is 8. The molecule has 3 aromatic rings. The zero-order valence-corrected chi connectivity index (χ0v) is 18.9. The molecule has 0 aliphatic heterocycles. The molecule has 0 aliphatic carbocycles. The summed E-state index contributed by atoms with van der Waals surface area (Å²) >= 11 is 1.54. The quantitative estimate of drug-likeness (QED) is 0.478. The molecule has 0 radical (unpaired) electrons. The summed E-state index contributed by atoms with van der Waals surface area (Å²) in [5.41, 5.74) is 1.43. The molecular formula is C21H21N3O6S2. The topological polar surface area (TPSA) is 138 Å². The summed E-state index contributed by atoms with van der Waals surface area (Å²) in [4.78, 5) is 28.8. The highest BCUT2D eigenvalue weighted by Crippen LogP contribution is 2.17. The number of hydrogen-bond donors (Lipinski definition) is 2. The van der Waals surface area contributed by atoms with Crippen molar-refractivity contribution >= 4 is 38.9 Å². The van der Waals surface area contributed by atoms with E-state index >= 15 is 0 Å². The molecule has 168 valence electrons. The second kappa shape index (κ2) is 9.90. The summed E-state index contributed by atoms with van der Waals surface area (Å²) in [6.45, 7) is 3.67. The molecule has 0 bridgehead atoms. The second-order valence-electron chi connectivity index (χ2n) is 6.78. The molecule has 0 fully saturated rings. The Morgan fingerprint density at radius 2 is 1.78 bits per heavy atom. The van der Waals surface area contributed by atoms with Crippen molar-refractivity contribution in [3.8, 4) is 5.75 Å². The number of hydrogen-bond acceptors (Lipinski definition) is 8. The van der Waals surface area contributed by atoms with Gasteiger partial charge in [-0.25, -0.2) is 23.3 Å². The number of esters is 1. The maximum atomic E-state index is 12.3. The second-order valence-corrected chi connectivity index (χ2v) is 9.40. The maximum Gasteiger partial charge on any atom is 0.338 e. The Bertz CT molecular complexity index is 1210. The van der Waals surface area contributed by atoms with Crippen molar-refractivity contribution in [2.75, 3.05) is 5.32 Å². The molecule has 0 unspecified atom stereocenters. The van der Waals surface area contributed by atoms with Gasteiger partial charge in [-0.1, -0.05) is 0 Å². The molecule has 0 saturated heterocycles. The van der Waals surface area contributed by atoms with Gasteiger partial charge in [0.15, 0.2) is 6.10 Å². The number of carbonyl (C=O) groups is 2. The predicted molar refractivity (Wildman–Crippen MR) is 119 cm³/mol. The summed E-state index contributed by atoms with van der Waals surface area (Å²) < 4.78 is 33.4. The van der Waals surface area contributed by atoms with Crippen LogP contribution in [-0.4, -0.2) is 31.4 Å². The summed E-state index contributed by atoms with van der Waals surface area (Å²) in [6, 6.07) is 11.7. The molecule has 1 atom stereocenters. The average Bonchev–Trinajstić information content (AvgIpc) is 3.17. The molecule has 1 amide bonds. The zero-order chi connectivity index (χ0) is 23.3. The van der Waals surface area contributed by atoms with Crippen LogP contribution in [0.15, 0.2) is 58.8 Å². The van der Waals surface area contributed by atoms with Gasteiger partial charge in [0.2, 0.25) is 10.0 Å². The fourth-order valence-electron chi connectivity index (χ4n) is 2.57. The molecule has 9 nitrogen and oxygen atoms in total. The third kappa shape index (κ3) is 6.36. The lowest BCUT2D eigenvalue weighted by Crippen LogP contribution is -2.30. The van der Waals surface area contributed by atoms with E-state index in [1.165, 1.54) is 31.2 Å². The smallest absolute Gasteiger partial charge is 0.338 e. The largest absolute Gasteiger partial charge is 0.487 e. The Balaban J connectivity index is 1.52. The molecule has 1 heterocycles. The first-order valence-electron chi connectivity index (χ1n) is 9.40. The van der Waals surface area contributed by atoms with Gasteiger partial charge >= 0.3 is 5.97 Å². The van der Waals surface area contributed by atoms with E-state index in [0.29, 0.717) is 18.0 Å². The van der Waals surface area contributed by atoms with Gasteiger partial charge in [0.1, 0.15) is 12.4 Å². The Labute approximate surface area is 189 Å². The van der Waals surface area contributed by atoms with Crippen LogP contribution in [0, 0.1) is 6.92 Å². The number of primary sulfonamides is 1.